The Hall–Kier alpha value is -2.04. The van der Waals surface area contributed by atoms with Crippen LogP contribution in [0.25, 0.3) is 0 Å². The van der Waals surface area contributed by atoms with Crippen LogP contribution in [-0.2, 0) is 13.0 Å². The van der Waals surface area contributed by atoms with Gasteiger partial charge in [0.05, 0.1) is 13.7 Å². The average molecular weight is 329 g/mol. The summed E-state index contributed by atoms with van der Waals surface area (Å²) in [6, 6.07) is 16.3. The second-order valence-electron chi connectivity index (χ2n) is 5.68. The van der Waals surface area contributed by atoms with Crippen molar-refractivity contribution in [2.24, 2.45) is 0 Å². The van der Waals surface area contributed by atoms with E-state index in [1.165, 1.54) is 5.56 Å². The Balaban J connectivity index is 1.82. The van der Waals surface area contributed by atoms with Crippen molar-refractivity contribution in [3.63, 3.8) is 0 Å². The zero-order valence-electron chi connectivity index (χ0n) is 14.3. The molecule has 0 unspecified atom stereocenters. The molecule has 0 heterocycles. The lowest BCUT2D eigenvalue weighted by Gasteiger charge is -2.13. The number of rotatable bonds is 11. The Morgan fingerprint density at radius 1 is 0.958 bits per heavy atom. The zero-order chi connectivity index (χ0) is 17.0. The van der Waals surface area contributed by atoms with Crippen LogP contribution in [0, 0.1) is 0 Å². The predicted molar refractivity (Wildman–Crippen MR) is 96.7 cm³/mol. The van der Waals surface area contributed by atoms with Gasteiger partial charge < -0.3 is 19.9 Å². The van der Waals surface area contributed by atoms with E-state index in [0.717, 1.165) is 49.4 Å². The minimum atomic E-state index is 0.254. The quantitative estimate of drug-likeness (QED) is 0.622. The van der Waals surface area contributed by atoms with Crippen molar-refractivity contribution in [3.8, 4) is 11.5 Å². The molecule has 0 saturated carbocycles. The maximum atomic E-state index is 8.77. The molecule has 24 heavy (non-hydrogen) atoms. The smallest absolute Gasteiger partial charge is 0.161 e. The normalized spacial score (nSPS) is 10.6. The average Bonchev–Trinajstić information content (AvgIpc) is 2.63. The van der Waals surface area contributed by atoms with Gasteiger partial charge in [-0.2, -0.15) is 0 Å². The lowest BCUT2D eigenvalue weighted by molar-refractivity contribution is 0.283. The molecule has 2 N–H and O–H groups in total. The summed E-state index contributed by atoms with van der Waals surface area (Å²) in [5.41, 5.74) is 2.42. The number of aliphatic hydroxyl groups is 1. The topological polar surface area (TPSA) is 50.7 Å². The molecule has 0 radical (unpaired) electrons. The van der Waals surface area contributed by atoms with Gasteiger partial charge in [-0.15, -0.1) is 0 Å². The van der Waals surface area contributed by atoms with Gasteiger partial charge in [0.1, 0.15) is 0 Å². The van der Waals surface area contributed by atoms with Crippen molar-refractivity contribution in [1.29, 1.82) is 0 Å². The molecule has 130 valence electrons. The number of hydrogen-bond acceptors (Lipinski definition) is 4. The molecule has 2 aromatic rings. The Bertz CT molecular complexity index is 587. The largest absolute Gasteiger partial charge is 0.493 e. The minimum absolute atomic E-state index is 0.254. The van der Waals surface area contributed by atoms with Gasteiger partial charge in [-0.25, -0.2) is 0 Å². The third-order valence-corrected chi connectivity index (χ3v) is 3.81. The summed E-state index contributed by atoms with van der Waals surface area (Å²) >= 11 is 0. The number of hydrogen-bond donors (Lipinski definition) is 2. The molecule has 2 aromatic carbocycles. The molecular formula is C20H27NO3. The SMILES string of the molecule is COc1cc(CNCCCCO)ccc1OCCc1ccccc1. The summed E-state index contributed by atoms with van der Waals surface area (Å²) in [6.45, 7) is 2.56. The van der Waals surface area contributed by atoms with Crippen LogP contribution >= 0.6 is 0 Å². The van der Waals surface area contributed by atoms with Crippen molar-refractivity contribution < 1.29 is 14.6 Å². The van der Waals surface area contributed by atoms with Gasteiger partial charge in [0, 0.05) is 19.6 Å². The molecule has 0 aromatic heterocycles. The summed E-state index contributed by atoms with van der Waals surface area (Å²) in [5.74, 6) is 1.54. The van der Waals surface area contributed by atoms with Gasteiger partial charge >= 0.3 is 0 Å². The van der Waals surface area contributed by atoms with Crippen LogP contribution < -0.4 is 14.8 Å². The maximum absolute atomic E-state index is 8.77. The number of benzene rings is 2. The number of nitrogens with one attached hydrogen (secondary N) is 1. The Labute approximate surface area is 144 Å². The fourth-order valence-corrected chi connectivity index (χ4v) is 2.46. The highest BCUT2D eigenvalue weighted by Gasteiger charge is 2.06. The number of methoxy groups -OCH3 is 1. The van der Waals surface area contributed by atoms with Crippen LogP contribution in [0.2, 0.25) is 0 Å². The van der Waals surface area contributed by atoms with Crippen molar-refractivity contribution in [2.75, 3.05) is 26.9 Å². The van der Waals surface area contributed by atoms with E-state index >= 15 is 0 Å². The van der Waals surface area contributed by atoms with Crippen molar-refractivity contribution in [3.05, 3.63) is 59.7 Å². The van der Waals surface area contributed by atoms with Gasteiger partial charge in [0.2, 0.25) is 0 Å². The number of unbranched alkanes of at least 4 members (excludes halogenated alkanes) is 1. The summed E-state index contributed by atoms with van der Waals surface area (Å²) in [6.07, 6.45) is 2.69. The van der Waals surface area contributed by atoms with E-state index in [0.29, 0.717) is 6.61 Å². The second-order valence-corrected chi connectivity index (χ2v) is 5.68. The van der Waals surface area contributed by atoms with Gasteiger partial charge in [-0.05, 0) is 42.6 Å². The van der Waals surface area contributed by atoms with Gasteiger partial charge in [-0.1, -0.05) is 36.4 Å². The summed E-state index contributed by atoms with van der Waals surface area (Å²) in [7, 11) is 1.66. The monoisotopic (exact) mass is 329 g/mol. The summed E-state index contributed by atoms with van der Waals surface area (Å²) < 4.78 is 11.3. The van der Waals surface area contributed by atoms with Crippen molar-refractivity contribution in [2.45, 2.75) is 25.8 Å². The van der Waals surface area contributed by atoms with E-state index in [1.54, 1.807) is 7.11 Å². The highest BCUT2D eigenvalue weighted by Crippen LogP contribution is 2.28. The van der Waals surface area contributed by atoms with E-state index < -0.39 is 0 Å². The third-order valence-electron chi connectivity index (χ3n) is 3.81. The molecule has 0 aliphatic carbocycles. The van der Waals surface area contributed by atoms with Gasteiger partial charge in [0.25, 0.3) is 0 Å². The second kappa shape index (κ2) is 10.7. The Kier molecular flexibility index (Phi) is 8.15. The fraction of sp³-hybridized carbons (Fsp3) is 0.400. The minimum Gasteiger partial charge on any atom is -0.493 e. The Morgan fingerprint density at radius 3 is 2.54 bits per heavy atom. The number of ether oxygens (including phenoxy) is 2. The zero-order valence-corrected chi connectivity index (χ0v) is 14.3. The molecule has 0 amide bonds. The molecule has 0 aliphatic rings. The van der Waals surface area contributed by atoms with E-state index in [1.807, 2.05) is 30.3 Å². The molecule has 0 bridgehead atoms. The fourth-order valence-electron chi connectivity index (χ4n) is 2.46. The van der Waals surface area contributed by atoms with Crippen LogP contribution in [0.4, 0.5) is 0 Å². The van der Waals surface area contributed by atoms with Crippen LogP contribution in [-0.4, -0.2) is 32.0 Å². The van der Waals surface area contributed by atoms with E-state index in [9.17, 15) is 0 Å². The molecule has 0 fully saturated rings. The highest BCUT2D eigenvalue weighted by atomic mass is 16.5. The van der Waals surface area contributed by atoms with Crippen LogP contribution in [0.3, 0.4) is 0 Å². The molecule has 4 nitrogen and oxygen atoms in total. The van der Waals surface area contributed by atoms with Crippen LogP contribution in [0.15, 0.2) is 48.5 Å². The van der Waals surface area contributed by atoms with Crippen molar-refractivity contribution in [1.82, 2.24) is 5.32 Å². The third kappa shape index (κ3) is 6.22. The first-order valence-corrected chi connectivity index (χ1v) is 8.48. The highest BCUT2D eigenvalue weighted by molar-refractivity contribution is 5.43. The lowest BCUT2D eigenvalue weighted by atomic mass is 10.1. The van der Waals surface area contributed by atoms with E-state index in [-0.39, 0.29) is 6.61 Å². The van der Waals surface area contributed by atoms with Gasteiger partial charge in [0.15, 0.2) is 11.5 Å². The Morgan fingerprint density at radius 2 is 1.79 bits per heavy atom. The lowest BCUT2D eigenvalue weighted by Crippen LogP contribution is -2.15. The summed E-state index contributed by atoms with van der Waals surface area (Å²) in [5, 5.41) is 12.1. The van der Waals surface area contributed by atoms with Crippen molar-refractivity contribution >= 4 is 0 Å². The molecular weight excluding hydrogens is 302 g/mol. The van der Waals surface area contributed by atoms with E-state index in [4.69, 9.17) is 14.6 Å². The standard InChI is InChI=1S/C20H27NO3/c1-23-20-15-18(16-21-12-5-6-13-22)9-10-19(20)24-14-11-17-7-3-2-4-8-17/h2-4,7-10,15,21-22H,5-6,11-14,16H2,1H3. The van der Waals surface area contributed by atoms with Gasteiger partial charge in [-0.3, -0.25) is 0 Å². The summed E-state index contributed by atoms with van der Waals surface area (Å²) in [4.78, 5) is 0. The first kappa shape index (κ1) is 18.3. The molecule has 0 spiro atoms. The first-order valence-electron chi connectivity index (χ1n) is 8.48. The van der Waals surface area contributed by atoms with E-state index in [2.05, 4.69) is 23.5 Å². The van der Waals surface area contributed by atoms with Crippen LogP contribution in [0.1, 0.15) is 24.0 Å². The number of aliphatic hydroxyl groups excluding tert-OH is 1. The molecule has 4 heteroatoms. The van der Waals surface area contributed by atoms with Crippen LogP contribution in [0.5, 0.6) is 11.5 Å². The molecule has 0 atom stereocenters. The molecule has 2 rings (SSSR count). The predicted octanol–water partition coefficient (Wildman–Crippen LogP) is 3.18. The molecule has 0 aliphatic heterocycles. The molecule has 0 saturated heterocycles. The maximum Gasteiger partial charge on any atom is 0.161 e. The first-order chi connectivity index (χ1) is 11.8.